The number of nitrogens with zero attached hydrogens (tertiary/aromatic N) is 3. The smallest absolute Gasteiger partial charge is 0.349 e. The van der Waals surface area contributed by atoms with Crippen molar-refractivity contribution in [3.8, 4) is 0 Å². The molecule has 1 N–H and O–H groups in total. The summed E-state index contributed by atoms with van der Waals surface area (Å²) in [6, 6.07) is 12.1. The fourth-order valence-electron chi connectivity index (χ4n) is 2.43. The molecule has 0 unspecified atom stereocenters. The minimum Gasteiger partial charge on any atom is -0.349 e. The van der Waals surface area contributed by atoms with Crippen molar-refractivity contribution in [3.63, 3.8) is 0 Å². The Morgan fingerprint density at radius 1 is 1.11 bits per heavy atom. The van der Waals surface area contributed by atoms with Gasteiger partial charge < -0.3 is 5.32 Å². The predicted molar refractivity (Wildman–Crippen MR) is 96.2 cm³/mol. The predicted octanol–water partition coefficient (Wildman–Crippen LogP) is 3.94. The van der Waals surface area contributed by atoms with Gasteiger partial charge in [0, 0.05) is 17.5 Å². The number of benzene rings is 1. The number of nitrogens with one attached hydrogen (secondary N) is 1. The second-order valence-corrected chi connectivity index (χ2v) is 6.97. The first-order chi connectivity index (χ1) is 12.9. The summed E-state index contributed by atoms with van der Waals surface area (Å²) in [6.07, 6.45) is -2.47. The molecular weight excluding hydrogens is 377 g/mol. The third-order valence-electron chi connectivity index (χ3n) is 3.80. The summed E-state index contributed by atoms with van der Waals surface area (Å²) in [5.74, 6) is 0.885. The SMILES string of the molecule is O=C(CCCSc1ccccc1)NCc1nnc2ccc(C(F)(F)F)cn12. The van der Waals surface area contributed by atoms with Crippen LogP contribution in [0.4, 0.5) is 13.2 Å². The molecule has 27 heavy (non-hydrogen) atoms. The van der Waals surface area contributed by atoms with Gasteiger partial charge >= 0.3 is 6.18 Å². The molecule has 0 aliphatic rings. The number of fused-ring (bicyclic) bond motifs is 1. The second kappa shape index (κ2) is 8.43. The monoisotopic (exact) mass is 394 g/mol. The molecule has 2 heterocycles. The van der Waals surface area contributed by atoms with Gasteiger partial charge in [-0.25, -0.2) is 0 Å². The minimum atomic E-state index is -4.45. The van der Waals surface area contributed by atoms with E-state index in [4.69, 9.17) is 0 Å². The van der Waals surface area contributed by atoms with Crippen LogP contribution in [0.25, 0.3) is 5.65 Å². The third-order valence-corrected chi connectivity index (χ3v) is 4.90. The van der Waals surface area contributed by atoms with Crippen molar-refractivity contribution >= 4 is 23.3 Å². The Morgan fingerprint density at radius 2 is 1.89 bits per heavy atom. The zero-order valence-electron chi connectivity index (χ0n) is 14.2. The molecular formula is C18H17F3N4OS. The fourth-order valence-corrected chi connectivity index (χ4v) is 3.31. The number of hydrogen-bond donors (Lipinski definition) is 1. The number of aromatic nitrogens is 3. The largest absolute Gasteiger partial charge is 0.417 e. The maximum Gasteiger partial charge on any atom is 0.417 e. The van der Waals surface area contributed by atoms with Crippen LogP contribution in [0, 0.1) is 0 Å². The van der Waals surface area contributed by atoms with Crippen LogP contribution in [0.3, 0.4) is 0 Å². The number of carbonyl (C=O) groups is 1. The van der Waals surface area contributed by atoms with E-state index in [2.05, 4.69) is 15.5 Å². The summed E-state index contributed by atoms with van der Waals surface area (Å²) >= 11 is 1.67. The number of hydrogen-bond acceptors (Lipinski definition) is 4. The van der Waals surface area contributed by atoms with E-state index in [9.17, 15) is 18.0 Å². The molecule has 0 spiro atoms. The molecule has 3 rings (SSSR count). The molecule has 1 amide bonds. The van der Waals surface area contributed by atoms with Crippen LogP contribution >= 0.6 is 11.8 Å². The lowest BCUT2D eigenvalue weighted by molar-refractivity contribution is -0.137. The van der Waals surface area contributed by atoms with Crippen molar-refractivity contribution in [1.29, 1.82) is 0 Å². The van der Waals surface area contributed by atoms with Crippen LogP contribution < -0.4 is 5.32 Å². The van der Waals surface area contributed by atoms with Gasteiger partial charge in [0.25, 0.3) is 0 Å². The van der Waals surface area contributed by atoms with Gasteiger partial charge in [-0.3, -0.25) is 9.20 Å². The highest BCUT2D eigenvalue weighted by Gasteiger charge is 2.31. The normalized spacial score (nSPS) is 11.7. The highest BCUT2D eigenvalue weighted by molar-refractivity contribution is 7.99. The molecule has 0 bridgehead atoms. The summed E-state index contributed by atoms with van der Waals surface area (Å²) < 4.78 is 39.8. The van der Waals surface area contributed by atoms with Crippen molar-refractivity contribution in [2.75, 3.05) is 5.75 Å². The molecule has 0 aliphatic heterocycles. The van der Waals surface area contributed by atoms with Gasteiger partial charge in [-0.15, -0.1) is 22.0 Å². The molecule has 1 aromatic carbocycles. The van der Waals surface area contributed by atoms with Crippen LogP contribution in [-0.4, -0.2) is 26.3 Å². The quantitative estimate of drug-likeness (QED) is 0.487. The third kappa shape index (κ3) is 5.22. The summed E-state index contributed by atoms with van der Waals surface area (Å²) in [7, 11) is 0. The number of carbonyl (C=O) groups excluding carboxylic acids is 1. The van der Waals surface area contributed by atoms with E-state index in [1.54, 1.807) is 11.8 Å². The minimum absolute atomic E-state index is 0.0210. The topological polar surface area (TPSA) is 59.3 Å². The molecule has 0 radical (unpaired) electrons. The van der Waals surface area contributed by atoms with Gasteiger partial charge in [0.05, 0.1) is 12.1 Å². The van der Waals surface area contributed by atoms with Crippen LogP contribution in [-0.2, 0) is 17.5 Å². The lowest BCUT2D eigenvalue weighted by Crippen LogP contribution is -2.23. The molecule has 0 saturated heterocycles. The van der Waals surface area contributed by atoms with Crippen molar-refractivity contribution in [2.24, 2.45) is 0 Å². The lowest BCUT2D eigenvalue weighted by atomic mass is 10.3. The van der Waals surface area contributed by atoms with E-state index < -0.39 is 11.7 Å². The van der Waals surface area contributed by atoms with Crippen molar-refractivity contribution in [2.45, 2.75) is 30.5 Å². The van der Waals surface area contributed by atoms with Crippen LogP contribution in [0.15, 0.2) is 53.6 Å². The van der Waals surface area contributed by atoms with E-state index in [1.165, 1.54) is 10.5 Å². The highest BCUT2D eigenvalue weighted by atomic mass is 32.2. The number of thioether (sulfide) groups is 1. The number of pyridine rings is 1. The van der Waals surface area contributed by atoms with Gasteiger partial charge in [-0.2, -0.15) is 13.2 Å². The van der Waals surface area contributed by atoms with Crippen molar-refractivity contribution in [1.82, 2.24) is 19.9 Å². The average Bonchev–Trinajstić information content (AvgIpc) is 3.06. The Balaban J connectivity index is 1.50. The summed E-state index contributed by atoms with van der Waals surface area (Å²) in [5.41, 5.74) is -0.494. The first-order valence-electron chi connectivity index (χ1n) is 8.29. The summed E-state index contributed by atoms with van der Waals surface area (Å²) in [5, 5.41) is 10.4. The molecule has 0 fully saturated rings. The number of rotatable bonds is 7. The first-order valence-corrected chi connectivity index (χ1v) is 9.27. The molecule has 9 heteroatoms. The fraction of sp³-hybridized carbons (Fsp3) is 0.278. The van der Waals surface area contributed by atoms with E-state index in [0.29, 0.717) is 18.5 Å². The Morgan fingerprint density at radius 3 is 2.63 bits per heavy atom. The van der Waals surface area contributed by atoms with Crippen LogP contribution in [0.5, 0.6) is 0 Å². The summed E-state index contributed by atoms with van der Waals surface area (Å²) in [6.45, 7) is 0.0210. The van der Waals surface area contributed by atoms with Gasteiger partial charge in [0.1, 0.15) is 0 Å². The molecule has 0 aliphatic carbocycles. The van der Waals surface area contributed by atoms with Gasteiger partial charge in [-0.1, -0.05) is 18.2 Å². The maximum atomic E-state index is 12.8. The molecule has 2 aromatic heterocycles. The zero-order chi connectivity index (χ0) is 19.3. The first kappa shape index (κ1) is 19.2. The van der Waals surface area contributed by atoms with E-state index in [0.717, 1.165) is 22.9 Å². The molecule has 0 atom stereocenters. The van der Waals surface area contributed by atoms with Gasteiger partial charge in [-0.05, 0) is 36.4 Å². The van der Waals surface area contributed by atoms with E-state index in [-0.39, 0.29) is 18.3 Å². The van der Waals surface area contributed by atoms with E-state index >= 15 is 0 Å². The molecule has 3 aromatic rings. The Labute approximate surface area is 158 Å². The van der Waals surface area contributed by atoms with Gasteiger partial charge in [0.15, 0.2) is 11.5 Å². The van der Waals surface area contributed by atoms with Crippen LogP contribution in [0.1, 0.15) is 24.2 Å². The van der Waals surface area contributed by atoms with Gasteiger partial charge in [0.2, 0.25) is 5.91 Å². The molecule has 142 valence electrons. The Bertz CT molecular complexity index is 912. The van der Waals surface area contributed by atoms with Crippen molar-refractivity contribution < 1.29 is 18.0 Å². The highest BCUT2D eigenvalue weighted by Crippen LogP contribution is 2.29. The van der Waals surface area contributed by atoms with Crippen LogP contribution in [0.2, 0.25) is 0 Å². The maximum absolute atomic E-state index is 12.8. The number of halogens is 3. The number of alkyl halides is 3. The molecule has 0 saturated carbocycles. The summed E-state index contributed by atoms with van der Waals surface area (Å²) in [4.78, 5) is 13.1. The standard InChI is InChI=1S/C18H17F3N4OS/c19-18(20,21)13-8-9-15-23-24-16(25(15)12-13)11-22-17(26)7-4-10-27-14-5-2-1-3-6-14/h1-3,5-6,8-9,12H,4,7,10-11H2,(H,22,26). The van der Waals surface area contributed by atoms with E-state index in [1.807, 2.05) is 30.3 Å². The number of amides is 1. The van der Waals surface area contributed by atoms with Crippen molar-refractivity contribution in [3.05, 3.63) is 60.0 Å². The zero-order valence-corrected chi connectivity index (χ0v) is 15.1. The lowest BCUT2D eigenvalue weighted by Gasteiger charge is -2.08. The Kier molecular flexibility index (Phi) is 6.00. The molecule has 5 nitrogen and oxygen atoms in total. The second-order valence-electron chi connectivity index (χ2n) is 5.80. The Hall–Kier alpha value is -2.55. The average molecular weight is 394 g/mol.